The molecule has 0 saturated carbocycles. The summed E-state index contributed by atoms with van der Waals surface area (Å²) in [6.07, 6.45) is 7.98. The van der Waals surface area contributed by atoms with E-state index < -0.39 is 5.97 Å². The predicted molar refractivity (Wildman–Crippen MR) is 138 cm³/mol. The van der Waals surface area contributed by atoms with Crippen LogP contribution in [0.3, 0.4) is 0 Å². The van der Waals surface area contributed by atoms with Gasteiger partial charge in [-0.1, -0.05) is 48.0 Å². The average molecular weight is 470 g/mol. The highest BCUT2D eigenvalue weighted by Crippen LogP contribution is 2.24. The number of carbonyl (C=O) groups is 2. The molecule has 1 aliphatic rings. The van der Waals surface area contributed by atoms with E-state index in [1.807, 2.05) is 65.6 Å². The van der Waals surface area contributed by atoms with E-state index in [1.165, 1.54) is 18.4 Å². The first-order valence-corrected chi connectivity index (χ1v) is 12.1. The van der Waals surface area contributed by atoms with Gasteiger partial charge in [-0.3, -0.25) is 4.79 Å². The molecule has 0 aromatic heterocycles. The summed E-state index contributed by atoms with van der Waals surface area (Å²) in [6.45, 7) is 1.20. The van der Waals surface area contributed by atoms with Crippen LogP contribution in [0.2, 0.25) is 0 Å². The van der Waals surface area contributed by atoms with Crippen LogP contribution in [0.25, 0.3) is 11.1 Å². The van der Waals surface area contributed by atoms with Crippen LogP contribution in [0.1, 0.15) is 58.4 Å². The standard InChI is InChI=1S/C30H31NO4/c1-35-28-17-15-26(16-18-28)29(32)31(20-19-22-5-3-2-4-6-22)21-23-7-9-24(10-8-23)25-11-13-27(14-12-25)30(33)34/h5,7-18H,2-4,6,19-21H2,1H3,(H,33,34). The lowest BCUT2D eigenvalue weighted by Crippen LogP contribution is -2.31. The summed E-state index contributed by atoms with van der Waals surface area (Å²) >= 11 is 0. The van der Waals surface area contributed by atoms with Crippen LogP contribution in [-0.4, -0.2) is 35.5 Å². The number of nitrogens with zero attached hydrogens (tertiary/aromatic N) is 1. The van der Waals surface area contributed by atoms with Crippen molar-refractivity contribution in [2.24, 2.45) is 0 Å². The lowest BCUT2D eigenvalue weighted by molar-refractivity contribution is 0.0695. The molecule has 35 heavy (non-hydrogen) atoms. The second-order valence-corrected chi connectivity index (χ2v) is 8.89. The molecule has 4 rings (SSSR count). The molecule has 0 heterocycles. The Morgan fingerprint density at radius 3 is 2.06 bits per heavy atom. The number of carboxylic acid groups (broad SMARTS) is 1. The SMILES string of the molecule is COc1ccc(C(=O)N(CCC2=CCCCC2)Cc2ccc(-c3ccc(C(=O)O)cc3)cc2)cc1. The Balaban J connectivity index is 1.50. The maximum Gasteiger partial charge on any atom is 0.335 e. The van der Waals surface area contributed by atoms with Crippen molar-refractivity contribution in [2.45, 2.75) is 38.6 Å². The van der Waals surface area contributed by atoms with Gasteiger partial charge in [-0.05, 0) is 85.2 Å². The lowest BCUT2D eigenvalue weighted by Gasteiger charge is -2.25. The molecular formula is C30H31NO4. The number of aromatic carboxylic acids is 1. The van der Waals surface area contributed by atoms with Gasteiger partial charge in [0.15, 0.2) is 0 Å². The second-order valence-electron chi connectivity index (χ2n) is 8.89. The number of hydrogen-bond donors (Lipinski definition) is 1. The van der Waals surface area contributed by atoms with Crippen molar-refractivity contribution in [1.82, 2.24) is 4.90 Å². The quantitative estimate of drug-likeness (QED) is 0.359. The van der Waals surface area contributed by atoms with Gasteiger partial charge in [-0.2, -0.15) is 0 Å². The molecule has 0 unspecified atom stereocenters. The fourth-order valence-electron chi connectivity index (χ4n) is 4.41. The number of amides is 1. The van der Waals surface area contributed by atoms with Gasteiger partial charge in [0.1, 0.15) is 5.75 Å². The number of rotatable bonds is 9. The van der Waals surface area contributed by atoms with Crippen LogP contribution in [0.5, 0.6) is 5.75 Å². The van der Waals surface area contributed by atoms with Crippen molar-refractivity contribution in [3.05, 3.63) is 101 Å². The average Bonchev–Trinajstić information content (AvgIpc) is 2.91. The summed E-state index contributed by atoms with van der Waals surface area (Å²) in [4.78, 5) is 26.4. The van der Waals surface area contributed by atoms with Crippen LogP contribution in [0.4, 0.5) is 0 Å². The summed E-state index contributed by atoms with van der Waals surface area (Å²) < 4.78 is 5.24. The Morgan fingerprint density at radius 1 is 0.857 bits per heavy atom. The summed E-state index contributed by atoms with van der Waals surface area (Å²) in [5, 5.41) is 9.10. The Bertz CT molecular complexity index is 1180. The zero-order valence-electron chi connectivity index (χ0n) is 20.1. The molecule has 3 aromatic carbocycles. The van der Waals surface area contributed by atoms with E-state index >= 15 is 0 Å². The van der Waals surface area contributed by atoms with Crippen LogP contribution >= 0.6 is 0 Å². The van der Waals surface area contributed by atoms with E-state index in [4.69, 9.17) is 9.84 Å². The van der Waals surface area contributed by atoms with Crippen molar-refractivity contribution >= 4 is 11.9 Å². The molecule has 0 spiro atoms. The molecule has 0 bridgehead atoms. The van der Waals surface area contributed by atoms with Crippen molar-refractivity contribution in [3.8, 4) is 16.9 Å². The van der Waals surface area contributed by atoms with Gasteiger partial charge in [-0.25, -0.2) is 4.79 Å². The zero-order chi connectivity index (χ0) is 24.6. The van der Waals surface area contributed by atoms with Crippen LogP contribution < -0.4 is 4.74 Å². The highest BCUT2D eigenvalue weighted by atomic mass is 16.5. The number of methoxy groups -OCH3 is 1. The van der Waals surface area contributed by atoms with Crippen molar-refractivity contribution < 1.29 is 19.4 Å². The fraction of sp³-hybridized carbons (Fsp3) is 0.267. The summed E-state index contributed by atoms with van der Waals surface area (Å²) in [6, 6.07) is 22.2. The third-order valence-electron chi connectivity index (χ3n) is 6.50. The smallest absolute Gasteiger partial charge is 0.335 e. The van der Waals surface area contributed by atoms with Gasteiger partial charge >= 0.3 is 5.97 Å². The summed E-state index contributed by atoms with van der Waals surface area (Å²) in [5.74, 6) is -0.192. The zero-order valence-corrected chi connectivity index (χ0v) is 20.1. The molecular weight excluding hydrogens is 438 g/mol. The first kappa shape index (κ1) is 24.3. The highest BCUT2D eigenvalue weighted by Gasteiger charge is 2.17. The Hall–Kier alpha value is -3.86. The van der Waals surface area contributed by atoms with E-state index in [9.17, 15) is 9.59 Å². The summed E-state index contributed by atoms with van der Waals surface area (Å²) in [5.41, 5.74) is 5.38. The van der Waals surface area contributed by atoms with E-state index in [1.54, 1.807) is 19.2 Å². The minimum atomic E-state index is -0.933. The van der Waals surface area contributed by atoms with Gasteiger partial charge in [0.2, 0.25) is 0 Å². The molecule has 0 saturated heterocycles. The Labute approximate surface area is 206 Å². The van der Waals surface area contributed by atoms with Crippen LogP contribution in [0, 0.1) is 0 Å². The van der Waals surface area contributed by atoms with Crippen molar-refractivity contribution in [3.63, 3.8) is 0 Å². The van der Waals surface area contributed by atoms with Gasteiger partial charge in [0.25, 0.3) is 5.91 Å². The maximum atomic E-state index is 13.4. The van der Waals surface area contributed by atoms with Gasteiger partial charge in [-0.15, -0.1) is 0 Å². The topological polar surface area (TPSA) is 66.8 Å². The molecule has 1 aliphatic carbocycles. The summed E-state index contributed by atoms with van der Waals surface area (Å²) in [7, 11) is 1.62. The lowest BCUT2D eigenvalue weighted by atomic mass is 9.97. The molecule has 0 aliphatic heterocycles. The highest BCUT2D eigenvalue weighted by molar-refractivity contribution is 5.94. The van der Waals surface area contributed by atoms with Gasteiger partial charge in [0.05, 0.1) is 12.7 Å². The van der Waals surface area contributed by atoms with E-state index in [-0.39, 0.29) is 11.5 Å². The molecule has 3 aromatic rings. The number of ether oxygens (including phenoxy) is 1. The molecule has 0 fully saturated rings. The normalized spacial score (nSPS) is 13.1. The van der Waals surface area contributed by atoms with Crippen molar-refractivity contribution in [2.75, 3.05) is 13.7 Å². The predicted octanol–water partition coefficient (Wildman–Crippen LogP) is 6.59. The molecule has 5 heteroatoms. The Kier molecular flexibility index (Phi) is 7.99. The monoisotopic (exact) mass is 469 g/mol. The minimum Gasteiger partial charge on any atom is -0.497 e. The number of benzene rings is 3. The van der Waals surface area contributed by atoms with E-state index in [0.717, 1.165) is 41.7 Å². The molecule has 5 nitrogen and oxygen atoms in total. The number of allylic oxidation sites excluding steroid dienone is 1. The van der Waals surface area contributed by atoms with E-state index in [0.29, 0.717) is 18.7 Å². The van der Waals surface area contributed by atoms with E-state index in [2.05, 4.69) is 6.08 Å². The Morgan fingerprint density at radius 2 is 1.49 bits per heavy atom. The van der Waals surface area contributed by atoms with Crippen LogP contribution in [0.15, 0.2) is 84.4 Å². The maximum absolute atomic E-state index is 13.4. The molecule has 180 valence electrons. The third-order valence-corrected chi connectivity index (χ3v) is 6.50. The fourth-order valence-corrected chi connectivity index (χ4v) is 4.41. The molecule has 0 radical (unpaired) electrons. The largest absolute Gasteiger partial charge is 0.497 e. The molecule has 1 amide bonds. The number of carbonyl (C=O) groups excluding carboxylic acids is 1. The second kappa shape index (κ2) is 11.5. The van der Waals surface area contributed by atoms with Crippen LogP contribution in [-0.2, 0) is 6.54 Å². The first-order chi connectivity index (χ1) is 17.0. The molecule has 1 N–H and O–H groups in total. The first-order valence-electron chi connectivity index (χ1n) is 12.1. The number of hydrogen-bond acceptors (Lipinski definition) is 3. The minimum absolute atomic E-state index is 0.0115. The van der Waals surface area contributed by atoms with Gasteiger partial charge in [0, 0.05) is 18.7 Å². The molecule has 0 atom stereocenters. The van der Waals surface area contributed by atoms with Gasteiger partial charge < -0.3 is 14.7 Å². The third kappa shape index (κ3) is 6.38. The van der Waals surface area contributed by atoms with Crippen molar-refractivity contribution in [1.29, 1.82) is 0 Å². The number of carboxylic acids is 1.